The van der Waals surface area contributed by atoms with E-state index in [1.807, 2.05) is 12.3 Å². The SMILES string of the molecule is C[C@]12CC[C@H]3[C@@H](CC[C@@H]4C[C@H](O)CC[C@@H]43)[C@@H]1CC[C@@H]2C(=O)Cn1cccn1. The maximum absolute atomic E-state index is 13.1. The third kappa shape index (κ3) is 2.90. The molecule has 0 spiro atoms. The van der Waals surface area contributed by atoms with Gasteiger partial charge in [-0.1, -0.05) is 6.92 Å². The number of hydrogen-bond acceptors (Lipinski definition) is 3. The van der Waals surface area contributed by atoms with Crippen molar-refractivity contribution in [2.75, 3.05) is 0 Å². The number of aliphatic hydroxyl groups is 1. The summed E-state index contributed by atoms with van der Waals surface area (Å²) in [4.78, 5) is 13.1. The van der Waals surface area contributed by atoms with Gasteiger partial charge < -0.3 is 5.11 Å². The normalized spacial score (nSPS) is 46.4. The van der Waals surface area contributed by atoms with Crippen molar-refractivity contribution in [1.82, 2.24) is 9.78 Å². The lowest BCUT2D eigenvalue weighted by Crippen LogP contribution is -2.50. The van der Waals surface area contributed by atoms with Gasteiger partial charge in [-0.2, -0.15) is 5.10 Å². The van der Waals surface area contributed by atoms with Gasteiger partial charge in [0, 0.05) is 18.3 Å². The molecule has 4 aliphatic rings. The molecule has 1 N–H and O–H groups in total. The van der Waals surface area contributed by atoms with Crippen LogP contribution in [0.4, 0.5) is 0 Å². The summed E-state index contributed by atoms with van der Waals surface area (Å²) in [7, 11) is 0. The fourth-order valence-electron chi connectivity index (χ4n) is 8.02. The number of Topliss-reactive ketones (excluding diaryl/α,β-unsaturated/α-hetero) is 1. The van der Waals surface area contributed by atoms with E-state index in [4.69, 9.17) is 0 Å². The monoisotopic (exact) mass is 370 g/mol. The van der Waals surface area contributed by atoms with Gasteiger partial charge in [0.25, 0.3) is 0 Å². The molecule has 4 aliphatic carbocycles. The molecule has 1 aromatic heterocycles. The largest absolute Gasteiger partial charge is 0.393 e. The zero-order valence-electron chi connectivity index (χ0n) is 16.6. The summed E-state index contributed by atoms with van der Waals surface area (Å²) >= 11 is 0. The predicted molar refractivity (Wildman–Crippen MR) is 104 cm³/mol. The van der Waals surface area contributed by atoms with Gasteiger partial charge in [0.1, 0.15) is 0 Å². The van der Waals surface area contributed by atoms with Gasteiger partial charge in [-0.15, -0.1) is 0 Å². The zero-order chi connectivity index (χ0) is 18.6. The average Bonchev–Trinajstić information content (AvgIpc) is 3.28. The molecule has 0 saturated heterocycles. The summed E-state index contributed by atoms with van der Waals surface area (Å²) in [6.07, 6.45) is 14.4. The van der Waals surface area contributed by atoms with E-state index >= 15 is 0 Å². The Balaban J connectivity index is 1.33. The van der Waals surface area contributed by atoms with E-state index in [-0.39, 0.29) is 17.4 Å². The second-order valence-corrected chi connectivity index (χ2v) is 10.2. The standard InChI is InChI=1S/C23H34N2O2/c1-23-10-9-18-17-6-4-16(26)13-15(17)3-5-19(18)20(23)7-8-21(23)22(27)14-25-12-2-11-24-25/h2,11-12,15-21,26H,3-10,13-14H2,1H3/t15-,16-,17+,18-,19-,20+,21-,23+/m1/s1. The van der Waals surface area contributed by atoms with E-state index in [1.54, 1.807) is 10.9 Å². The minimum atomic E-state index is -0.0487. The Morgan fingerprint density at radius 1 is 1.11 bits per heavy atom. The van der Waals surface area contributed by atoms with Gasteiger partial charge in [0.2, 0.25) is 0 Å². The summed E-state index contributed by atoms with van der Waals surface area (Å²) < 4.78 is 1.79. The van der Waals surface area contributed by atoms with E-state index in [1.165, 1.54) is 38.5 Å². The molecule has 4 fully saturated rings. The molecule has 1 heterocycles. The third-order valence-corrected chi connectivity index (χ3v) is 9.19. The minimum absolute atomic E-state index is 0.0487. The van der Waals surface area contributed by atoms with Crippen LogP contribution in [-0.4, -0.2) is 26.8 Å². The Kier molecular flexibility index (Phi) is 4.46. The Bertz CT molecular complexity index is 687. The molecule has 4 saturated carbocycles. The fourth-order valence-corrected chi connectivity index (χ4v) is 8.02. The fraction of sp³-hybridized carbons (Fsp3) is 0.826. The van der Waals surface area contributed by atoms with E-state index < -0.39 is 0 Å². The number of carbonyl (C=O) groups is 1. The van der Waals surface area contributed by atoms with Crippen LogP contribution in [0.15, 0.2) is 18.5 Å². The first-order valence-corrected chi connectivity index (χ1v) is 11.2. The van der Waals surface area contributed by atoms with E-state index in [9.17, 15) is 9.90 Å². The van der Waals surface area contributed by atoms with Gasteiger partial charge in [0.15, 0.2) is 5.78 Å². The number of nitrogens with zero attached hydrogens (tertiary/aromatic N) is 2. The van der Waals surface area contributed by atoms with Crippen LogP contribution in [0.2, 0.25) is 0 Å². The zero-order valence-corrected chi connectivity index (χ0v) is 16.6. The first-order chi connectivity index (χ1) is 13.1. The topological polar surface area (TPSA) is 55.1 Å². The highest BCUT2D eigenvalue weighted by Crippen LogP contribution is 2.64. The lowest BCUT2D eigenvalue weighted by atomic mass is 9.49. The molecular weight excluding hydrogens is 336 g/mol. The van der Waals surface area contributed by atoms with Crippen molar-refractivity contribution in [2.24, 2.45) is 40.9 Å². The second kappa shape index (κ2) is 6.72. The number of ketones is 1. The van der Waals surface area contributed by atoms with Crippen LogP contribution in [-0.2, 0) is 11.3 Å². The number of aromatic nitrogens is 2. The van der Waals surface area contributed by atoms with Crippen molar-refractivity contribution < 1.29 is 9.90 Å². The van der Waals surface area contributed by atoms with Gasteiger partial charge >= 0.3 is 0 Å². The van der Waals surface area contributed by atoms with Crippen LogP contribution in [0.5, 0.6) is 0 Å². The molecule has 4 nitrogen and oxygen atoms in total. The highest BCUT2D eigenvalue weighted by molar-refractivity contribution is 5.82. The lowest BCUT2D eigenvalue weighted by Gasteiger charge is -2.56. The van der Waals surface area contributed by atoms with Crippen molar-refractivity contribution in [1.29, 1.82) is 0 Å². The lowest BCUT2D eigenvalue weighted by molar-refractivity contribution is -0.131. The second-order valence-electron chi connectivity index (χ2n) is 10.2. The molecular formula is C23H34N2O2. The number of carbonyl (C=O) groups excluding carboxylic acids is 1. The Morgan fingerprint density at radius 2 is 1.96 bits per heavy atom. The molecule has 0 unspecified atom stereocenters. The molecule has 0 aliphatic heterocycles. The van der Waals surface area contributed by atoms with Gasteiger partial charge in [0.05, 0.1) is 12.6 Å². The summed E-state index contributed by atoms with van der Waals surface area (Å²) in [6, 6.07) is 1.90. The third-order valence-electron chi connectivity index (χ3n) is 9.19. The molecule has 5 rings (SSSR count). The number of fused-ring (bicyclic) bond motifs is 5. The maximum Gasteiger partial charge on any atom is 0.157 e. The van der Waals surface area contributed by atoms with Crippen molar-refractivity contribution in [3.63, 3.8) is 0 Å². The van der Waals surface area contributed by atoms with Crippen LogP contribution in [0, 0.1) is 40.9 Å². The average molecular weight is 371 g/mol. The first-order valence-electron chi connectivity index (χ1n) is 11.2. The predicted octanol–water partition coefficient (Wildman–Crippen LogP) is 4.08. The summed E-state index contributed by atoms with van der Waals surface area (Å²) in [6.45, 7) is 2.87. The highest BCUT2D eigenvalue weighted by atomic mass is 16.3. The Labute approximate surface area is 162 Å². The molecule has 0 bridgehead atoms. The van der Waals surface area contributed by atoms with Crippen molar-refractivity contribution in [3.8, 4) is 0 Å². The van der Waals surface area contributed by atoms with Gasteiger partial charge in [-0.3, -0.25) is 9.48 Å². The molecule has 4 heteroatoms. The summed E-state index contributed by atoms with van der Waals surface area (Å²) in [5, 5.41) is 14.3. The summed E-state index contributed by atoms with van der Waals surface area (Å²) in [5.74, 6) is 4.64. The van der Waals surface area contributed by atoms with Crippen LogP contribution in [0.3, 0.4) is 0 Å². The molecule has 148 valence electrons. The number of hydrogen-bond donors (Lipinski definition) is 1. The Morgan fingerprint density at radius 3 is 2.78 bits per heavy atom. The summed E-state index contributed by atoms with van der Waals surface area (Å²) in [5.41, 5.74) is 0.201. The van der Waals surface area contributed by atoms with Crippen molar-refractivity contribution in [2.45, 2.75) is 77.4 Å². The molecule has 1 aromatic rings. The first kappa shape index (κ1) is 17.9. The van der Waals surface area contributed by atoms with Gasteiger partial charge in [-0.25, -0.2) is 0 Å². The van der Waals surface area contributed by atoms with Gasteiger partial charge in [-0.05, 0) is 98.9 Å². The molecule has 0 radical (unpaired) electrons. The van der Waals surface area contributed by atoms with Crippen LogP contribution >= 0.6 is 0 Å². The molecule has 27 heavy (non-hydrogen) atoms. The maximum atomic E-state index is 13.1. The molecule has 8 atom stereocenters. The highest BCUT2D eigenvalue weighted by Gasteiger charge is 2.58. The minimum Gasteiger partial charge on any atom is -0.393 e. The van der Waals surface area contributed by atoms with Crippen LogP contribution in [0.25, 0.3) is 0 Å². The number of rotatable bonds is 3. The van der Waals surface area contributed by atoms with Crippen LogP contribution in [0.1, 0.15) is 64.7 Å². The van der Waals surface area contributed by atoms with E-state index in [0.717, 1.165) is 48.9 Å². The van der Waals surface area contributed by atoms with Crippen molar-refractivity contribution in [3.05, 3.63) is 18.5 Å². The number of aliphatic hydroxyl groups excluding tert-OH is 1. The smallest absolute Gasteiger partial charge is 0.157 e. The van der Waals surface area contributed by atoms with E-state index in [0.29, 0.717) is 12.3 Å². The molecule has 0 amide bonds. The van der Waals surface area contributed by atoms with E-state index in [2.05, 4.69) is 12.0 Å². The van der Waals surface area contributed by atoms with Crippen molar-refractivity contribution >= 4 is 5.78 Å². The quantitative estimate of drug-likeness (QED) is 0.872. The Hall–Kier alpha value is -1.16. The molecule has 0 aromatic carbocycles. The van der Waals surface area contributed by atoms with Crippen LogP contribution < -0.4 is 0 Å².